The number of aromatic nitrogens is 2. The Labute approximate surface area is 166 Å². The fraction of sp³-hybridized carbons (Fsp3) is 0.286. The normalized spacial score (nSPS) is 16.9. The van der Waals surface area contributed by atoms with Crippen molar-refractivity contribution < 1.29 is 9.21 Å². The molecule has 1 atom stereocenters. The lowest BCUT2D eigenvalue weighted by atomic mass is 10.2. The van der Waals surface area contributed by atoms with Gasteiger partial charge < -0.3 is 14.6 Å². The molecule has 1 aliphatic rings. The predicted molar refractivity (Wildman–Crippen MR) is 111 cm³/mol. The summed E-state index contributed by atoms with van der Waals surface area (Å²) in [5, 5.41) is 4.09. The fourth-order valence-electron chi connectivity index (χ4n) is 3.78. The maximum Gasteiger partial charge on any atom is 0.298 e. The molecule has 1 fully saturated rings. The molecule has 6 nitrogen and oxygen atoms in total. The van der Waals surface area contributed by atoms with Gasteiger partial charge in [0.2, 0.25) is 0 Å². The molecule has 0 bridgehead atoms. The van der Waals surface area contributed by atoms with Crippen molar-refractivity contribution in [3.8, 4) is 0 Å². The van der Waals surface area contributed by atoms with Gasteiger partial charge in [0.15, 0.2) is 5.58 Å². The fourth-order valence-corrected chi connectivity index (χ4v) is 4.64. The number of aryl methyl sites for hydroxylation is 1. The van der Waals surface area contributed by atoms with Gasteiger partial charge in [-0.05, 0) is 50.1 Å². The number of thiazole rings is 1. The zero-order chi connectivity index (χ0) is 19.1. The van der Waals surface area contributed by atoms with E-state index in [1.807, 2.05) is 49.4 Å². The molecule has 142 valence electrons. The van der Waals surface area contributed by atoms with Crippen molar-refractivity contribution in [3.05, 3.63) is 53.0 Å². The summed E-state index contributed by atoms with van der Waals surface area (Å²) in [5.74, 6) is -0.0580. The molecule has 0 saturated carbocycles. The number of benzene rings is 2. The van der Waals surface area contributed by atoms with Crippen molar-refractivity contribution in [1.29, 1.82) is 0 Å². The van der Waals surface area contributed by atoms with Crippen LogP contribution in [0.3, 0.4) is 0 Å². The van der Waals surface area contributed by atoms with Crippen molar-refractivity contribution in [1.82, 2.24) is 15.3 Å². The van der Waals surface area contributed by atoms with Crippen LogP contribution in [0.4, 0.5) is 6.01 Å². The molecule has 0 aliphatic carbocycles. The zero-order valence-electron chi connectivity index (χ0n) is 15.5. The van der Waals surface area contributed by atoms with E-state index >= 15 is 0 Å². The molecule has 28 heavy (non-hydrogen) atoms. The first-order chi connectivity index (χ1) is 13.7. The van der Waals surface area contributed by atoms with E-state index in [4.69, 9.17) is 4.42 Å². The molecule has 3 heterocycles. The van der Waals surface area contributed by atoms with E-state index in [0.717, 1.165) is 45.7 Å². The number of nitrogens with zero attached hydrogens (tertiary/aromatic N) is 3. The predicted octanol–water partition coefficient (Wildman–Crippen LogP) is 4.14. The summed E-state index contributed by atoms with van der Waals surface area (Å²) >= 11 is 1.61. The van der Waals surface area contributed by atoms with Gasteiger partial charge in [0.05, 0.1) is 21.3 Å². The highest BCUT2D eigenvalue weighted by atomic mass is 32.1. The summed E-state index contributed by atoms with van der Waals surface area (Å²) in [6.07, 6.45) is 2.07. The van der Waals surface area contributed by atoms with E-state index in [9.17, 15) is 4.79 Å². The van der Waals surface area contributed by atoms with E-state index in [1.54, 1.807) is 11.3 Å². The van der Waals surface area contributed by atoms with Crippen molar-refractivity contribution >= 4 is 44.6 Å². The van der Waals surface area contributed by atoms with Crippen LogP contribution in [0.5, 0.6) is 0 Å². The summed E-state index contributed by atoms with van der Waals surface area (Å²) in [5.41, 5.74) is 3.26. The highest BCUT2D eigenvalue weighted by Crippen LogP contribution is 2.28. The number of hydrogen-bond acceptors (Lipinski definition) is 6. The molecule has 4 aromatic rings. The van der Waals surface area contributed by atoms with Crippen molar-refractivity contribution in [2.24, 2.45) is 0 Å². The van der Waals surface area contributed by atoms with Crippen LogP contribution < -0.4 is 10.2 Å². The third-order valence-corrected chi connectivity index (χ3v) is 6.09. The highest BCUT2D eigenvalue weighted by molar-refractivity contribution is 7.18. The van der Waals surface area contributed by atoms with Gasteiger partial charge in [-0.1, -0.05) is 12.1 Å². The van der Waals surface area contributed by atoms with Gasteiger partial charge in [0, 0.05) is 18.7 Å². The summed E-state index contributed by atoms with van der Waals surface area (Å²) in [6, 6.07) is 14.3. The lowest BCUT2D eigenvalue weighted by Crippen LogP contribution is -2.40. The number of carbonyl (C=O) groups excluding carboxylic acids is 1. The minimum absolute atomic E-state index is 0.0580. The first kappa shape index (κ1) is 17.2. The molecule has 1 aliphatic heterocycles. The average molecular weight is 392 g/mol. The topological polar surface area (TPSA) is 71.3 Å². The van der Waals surface area contributed by atoms with Crippen molar-refractivity contribution in [2.45, 2.75) is 25.8 Å². The molecular weight excluding hydrogens is 372 g/mol. The minimum atomic E-state index is -0.0580. The molecule has 5 rings (SSSR count). The maximum absolute atomic E-state index is 12.7. The standard InChI is InChI=1S/C21H20N4O2S/c1-13-23-17-9-8-14(11-19(17)28-13)20(26)22-12-15-5-4-10-25(15)21-24-16-6-2-3-7-18(16)27-21/h2-3,6-9,11,15H,4-5,10,12H2,1H3,(H,22,26)/t15-/m1/s1. The number of hydrogen-bond donors (Lipinski definition) is 1. The molecule has 1 amide bonds. The van der Waals surface area contributed by atoms with Crippen LogP contribution in [-0.4, -0.2) is 35.0 Å². The van der Waals surface area contributed by atoms with E-state index in [1.165, 1.54) is 0 Å². The van der Waals surface area contributed by atoms with Gasteiger partial charge in [-0.25, -0.2) is 4.98 Å². The number of oxazole rings is 1. The highest BCUT2D eigenvalue weighted by Gasteiger charge is 2.28. The second kappa shape index (κ2) is 6.91. The van der Waals surface area contributed by atoms with Crippen molar-refractivity contribution in [3.63, 3.8) is 0 Å². The van der Waals surface area contributed by atoms with Gasteiger partial charge in [-0.2, -0.15) is 4.98 Å². The maximum atomic E-state index is 12.7. The van der Waals surface area contributed by atoms with Crippen LogP contribution in [0.15, 0.2) is 46.9 Å². The Morgan fingerprint density at radius 3 is 3.04 bits per heavy atom. The zero-order valence-corrected chi connectivity index (χ0v) is 16.3. The largest absolute Gasteiger partial charge is 0.423 e. The number of carbonyl (C=O) groups is 1. The number of rotatable bonds is 4. The molecule has 2 aromatic carbocycles. The minimum Gasteiger partial charge on any atom is -0.423 e. The van der Waals surface area contributed by atoms with Gasteiger partial charge in [-0.15, -0.1) is 11.3 Å². The van der Waals surface area contributed by atoms with Crippen LogP contribution in [0.25, 0.3) is 21.3 Å². The molecule has 1 N–H and O–H groups in total. The second-order valence-corrected chi connectivity index (χ2v) is 8.31. The van der Waals surface area contributed by atoms with Crippen LogP contribution in [0, 0.1) is 6.92 Å². The van der Waals surface area contributed by atoms with Gasteiger partial charge in [-0.3, -0.25) is 4.79 Å². The number of para-hydroxylation sites is 2. The quantitative estimate of drug-likeness (QED) is 0.565. The monoisotopic (exact) mass is 392 g/mol. The second-order valence-electron chi connectivity index (χ2n) is 7.08. The molecule has 0 spiro atoms. The van der Waals surface area contributed by atoms with Crippen LogP contribution in [-0.2, 0) is 0 Å². The SMILES string of the molecule is Cc1nc2ccc(C(=O)NC[C@H]3CCCN3c3nc4ccccc4o3)cc2s1. The van der Waals surface area contributed by atoms with E-state index in [2.05, 4.69) is 20.2 Å². The number of amides is 1. The Hall–Kier alpha value is -2.93. The molecule has 2 aromatic heterocycles. The summed E-state index contributed by atoms with van der Waals surface area (Å²) in [6.45, 7) is 3.43. The Kier molecular flexibility index (Phi) is 4.24. The Bertz CT molecular complexity index is 1130. The van der Waals surface area contributed by atoms with E-state index in [0.29, 0.717) is 18.1 Å². The van der Waals surface area contributed by atoms with Crippen molar-refractivity contribution in [2.75, 3.05) is 18.0 Å². The summed E-state index contributed by atoms with van der Waals surface area (Å²) < 4.78 is 6.96. The lowest BCUT2D eigenvalue weighted by Gasteiger charge is -2.23. The van der Waals surface area contributed by atoms with Gasteiger partial charge >= 0.3 is 0 Å². The molecule has 7 heteroatoms. The van der Waals surface area contributed by atoms with Gasteiger partial charge in [0.25, 0.3) is 11.9 Å². The molecule has 1 saturated heterocycles. The van der Waals surface area contributed by atoms with E-state index in [-0.39, 0.29) is 11.9 Å². The number of nitrogens with one attached hydrogen (secondary N) is 1. The third kappa shape index (κ3) is 3.11. The third-order valence-electron chi connectivity index (χ3n) is 5.16. The molecule has 0 radical (unpaired) electrons. The Balaban J connectivity index is 1.29. The first-order valence-electron chi connectivity index (χ1n) is 9.45. The number of anilines is 1. The molecular formula is C21H20N4O2S. The van der Waals surface area contributed by atoms with Crippen LogP contribution >= 0.6 is 11.3 Å². The number of fused-ring (bicyclic) bond motifs is 2. The van der Waals surface area contributed by atoms with E-state index < -0.39 is 0 Å². The summed E-state index contributed by atoms with van der Waals surface area (Å²) in [4.78, 5) is 23.9. The van der Waals surface area contributed by atoms with Crippen LogP contribution in [0.2, 0.25) is 0 Å². The van der Waals surface area contributed by atoms with Gasteiger partial charge in [0.1, 0.15) is 5.52 Å². The smallest absolute Gasteiger partial charge is 0.298 e. The van der Waals surface area contributed by atoms with Crippen LogP contribution in [0.1, 0.15) is 28.2 Å². The molecule has 0 unspecified atom stereocenters. The summed E-state index contributed by atoms with van der Waals surface area (Å²) in [7, 11) is 0. The Morgan fingerprint density at radius 2 is 2.14 bits per heavy atom. The average Bonchev–Trinajstić information content (AvgIpc) is 3.41. The Morgan fingerprint density at radius 1 is 1.25 bits per heavy atom. The first-order valence-corrected chi connectivity index (χ1v) is 10.3. The lowest BCUT2D eigenvalue weighted by molar-refractivity contribution is 0.0951.